The van der Waals surface area contributed by atoms with Crippen LogP contribution in [0.1, 0.15) is 34.1 Å². The standard InChI is InChI=1S/C13H26N2O2/c1-10(2)12(16)9-15(6)13(17)7-8-14(5)11(3)4/h10-11H,7-9H2,1-6H3. The maximum absolute atomic E-state index is 11.8. The Morgan fingerprint density at radius 3 is 2.00 bits per heavy atom. The summed E-state index contributed by atoms with van der Waals surface area (Å²) < 4.78 is 0. The first-order valence-electron chi connectivity index (χ1n) is 6.22. The number of rotatable bonds is 7. The lowest BCUT2D eigenvalue weighted by molar-refractivity contribution is -0.135. The van der Waals surface area contributed by atoms with Crippen LogP contribution in [0.25, 0.3) is 0 Å². The number of nitrogens with zero attached hydrogens (tertiary/aromatic N) is 2. The van der Waals surface area contributed by atoms with E-state index < -0.39 is 0 Å². The van der Waals surface area contributed by atoms with Gasteiger partial charge in [-0.1, -0.05) is 13.8 Å². The summed E-state index contributed by atoms with van der Waals surface area (Å²) in [6.45, 7) is 8.85. The maximum atomic E-state index is 11.8. The minimum absolute atomic E-state index is 0.0106. The number of amides is 1. The van der Waals surface area contributed by atoms with Gasteiger partial charge >= 0.3 is 0 Å². The van der Waals surface area contributed by atoms with E-state index in [1.165, 1.54) is 4.90 Å². The predicted molar refractivity (Wildman–Crippen MR) is 69.9 cm³/mol. The van der Waals surface area contributed by atoms with Crippen molar-refractivity contribution in [2.24, 2.45) is 5.92 Å². The van der Waals surface area contributed by atoms with Gasteiger partial charge in [-0.05, 0) is 20.9 Å². The predicted octanol–water partition coefficient (Wildman–Crippen LogP) is 1.40. The van der Waals surface area contributed by atoms with E-state index in [9.17, 15) is 9.59 Å². The molecule has 0 radical (unpaired) electrons. The number of Topliss-reactive ketones (excluding diaryl/α,β-unsaturated/α-hetero) is 1. The molecule has 0 unspecified atom stereocenters. The lowest BCUT2D eigenvalue weighted by Gasteiger charge is -2.23. The quantitative estimate of drug-likeness (QED) is 0.677. The molecule has 0 aromatic heterocycles. The number of hydrogen-bond acceptors (Lipinski definition) is 3. The zero-order valence-electron chi connectivity index (χ0n) is 12.0. The number of carbonyl (C=O) groups excluding carboxylic acids is 2. The molecule has 0 aromatic carbocycles. The van der Waals surface area contributed by atoms with Crippen molar-refractivity contribution in [1.82, 2.24) is 9.80 Å². The van der Waals surface area contributed by atoms with Crippen LogP contribution < -0.4 is 0 Å². The topological polar surface area (TPSA) is 40.6 Å². The summed E-state index contributed by atoms with van der Waals surface area (Å²) in [5.41, 5.74) is 0. The van der Waals surface area contributed by atoms with Crippen molar-refractivity contribution in [1.29, 1.82) is 0 Å². The lowest BCUT2D eigenvalue weighted by Crippen LogP contribution is -2.36. The van der Waals surface area contributed by atoms with Crippen molar-refractivity contribution in [3.05, 3.63) is 0 Å². The summed E-state index contributed by atoms with van der Waals surface area (Å²) >= 11 is 0. The zero-order chi connectivity index (χ0) is 13.6. The molecule has 0 spiro atoms. The van der Waals surface area contributed by atoms with Gasteiger partial charge in [-0.25, -0.2) is 0 Å². The zero-order valence-corrected chi connectivity index (χ0v) is 12.0. The number of ketones is 1. The van der Waals surface area contributed by atoms with Gasteiger partial charge < -0.3 is 9.80 Å². The first kappa shape index (κ1) is 16.1. The molecule has 0 aromatic rings. The highest BCUT2D eigenvalue weighted by atomic mass is 16.2. The highest BCUT2D eigenvalue weighted by Crippen LogP contribution is 2.01. The van der Waals surface area contributed by atoms with Gasteiger partial charge in [-0.2, -0.15) is 0 Å². The van der Waals surface area contributed by atoms with E-state index in [2.05, 4.69) is 18.7 Å². The number of likely N-dealkylation sites (N-methyl/N-ethyl adjacent to an activating group) is 1. The number of hydrogen-bond donors (Lipinski definition) is 0. The summed E-state index contributed by atoms with van der Waals surface area (Å²) in [5.74, 6) is 0.133. The molecule has 0 atom stereocenters. The lowest BCUT2D eigenvalue weighted by atomic mass is 10.1. The minimum Gasteiger partial charge on any atom is -0.338 e. The third-order valence-electron chi connectivity index (χ3n) is 3.02. The highest BCUT2D eigenvalue weighted by molar-refractivity contribution is 5.87. The molecule has 0 N–H and O–H groups in total. The van der Waals surface area contributed by atoms with E-state index in [4.69, 9.17) is 0 Å². The van der Waals surface area contributed by atoms with Crippen LogP contribution in [-0.4, -0.2) is 54.7 Å². The van der Waals surface area contributed by atoms with Crippen LogP contribution in [0.4, 0.5) is 0 Å². The van der Waals surface area contributed by atoms with Crippen molar-refractivity contribution in [3.63, 3.8) is 0 Å². The highest BCUT2D eigenvalue weighted by Gasteiger charge is 2.15. The van der Waals surface area contributed by atoms with E-state index in [-0.39, 0.29) is 24.2 Å². The Morgan fingerprint density at radius 2 is 1.59 bits per heavy atom. The molecular weight excluding hydrogens is 216 g/mol. The van der Waals surface area contributed by atoms with E-state index in [1.54, 1.807) is 7.05 Å². The van der Waals surface area contributed by atoms with Gasteiger partial charge in [-0.3, -0.25) is 9.59 Å². The normalized spacial score (nSPS) is 11.4. The van der Waals surface area contributed by atoms with Crippen molar-refractivity contribution in [2.75, 3.05) is 27.2 Å². The smallest absolute Gasteiger partial charge is 0.223 e. The Kier molecular flexibility index (Phi) is 7.04. The first-order valence-corrected chi connectivity index (χ1v) is 6.22. The van der Waals surface area contributed by atoms with Gasteiger partial charge in [0.1, 0.15) is 0 Å². The van der Waals surface area contributed by atoms with Crippen LogP contribution >= 0.6 is 0 Å². The molecule has 0 saturated heterocycles. The molecule has 1 amide bonds. The first-order chi connectivity index (χ1) is 7.75. The molecule has 4 heteroatoms. The Morgan fingerprint density at radius 1 is 1.06 bits per heavy atom. The summed E-state index contributed by atoms with van der Waals surface area (Å²) in [6.07, 6.45) is 0.469. The van der Waals surface area contributed by atoms with E-state index in [0.717, 1.165) is 6.54 Å². The molecule has 0 aliphatic carbocycles. The summed E-state index contributed by atoms with van der Waals surface area (Å²) in [4.78, 5) is 26.9. The molecule has 17 heavy (non-hydrogen) atoms. The van der Waals surface area contributed by atoms with Gasteiger partial charge in [0, 0.05) is 32.0 Å². The molecule has 4 nitrogen and oxygen atoms in total. The van der Waals surface area contributed by atoms with Crippen LogP contribution in [0.5, 0.6) is 0 Å². The Hall–Kier alpha value is -0.900. The second-order valence-corrected chi connectivity index (χ2v) is 5.20. The van der Waals surface area contributed by atoms with E-state index in [1.807, 2.05) is 20.9 Å². The fourth-order valence-electron chi connectivity index (χ4n) is 1.23. The maximum Gasteiger partial charge on any atom is 0.223 e. The Labute approximate surface area is 105 Å². The van der Waals surface area contributed by atoms with Crippen molar-refractivity contribution in [3.8, 4) is 0 Å². The summed E-state index contributed by atoms with van der Waals surface area (Å²) in [5, 5.41) is 0. The Bertz CT molecular complexity index is 262. The van der Waals surface area contributed by atoms with Crippen LogP contribution in [0.3, 0.4) is 0 Å². The average Bonchev–Trinajstić information content (AvgIpc) is 2.24. The molecule has 0 rings (SSSR count). The molecular formula is C13H26N2O2. The molecule has 0 fully saturated rings. The SMILES string of the molecule is CC(C)C(=O)CN(C)C(=O)CCN(C)C(C)C. The van der Waals surface area contributed by atoms with Crippen LogP contribution in [0.2, 0.25) is 0 Å². The van der Waals surface area contributed by atoms with Gasteiger partial charge in [0.2, 0.25) is 5.91 Å². The second kappa shape index (κ2) is 7.43. The van der Waals surface area contributed by atoms with Gasteiger partial charge in [0.25, 0.3) is 0 Å². The molecule has 0 saturated carbocycles. The fourth-order valence-corrected chi connectivity index (χ4v) is 1.23. The van der Waals surface area contributed by atoms with Crippen LogP contribution in [0, 0.1) is 5.92 Å². The average molecular weight is 242 g/mol. The third kappa shape index (κ3) is 6.41. The molecule has 100 valence electrons. The van der Waals surface area contributed by atoms with Crippen molar-refractivity contribution in [2.45, 2.75) is 40.2 Å². The Balaban J connectivity index is 4.02. The largest absolute Gasteiger partial charge is 0.338 e. The monoisotopic (exact) mass is 242 g/mol. The molecule has 0 aliphatic heterocycles. The summed E-state index contributed by atoms with van der Waals surface area (Å²) in [7, 11) is 3.69. The van der Waals surface area contributed by atoms with Crippen LogP contribution in [0.15, 0.2) is 0 Å². The van der Waals surface area contributed by atoms with E-state index >= 15 is 0 Å². The van der Waals surface area contributed by atoms with Gasteiger partial charge in [0.15, 0.2) is 5.78 Å². The number of carbonyl (C=O) groups is 2. The van der Waals surface area contributed by atoms with Crippen molar-refractivity contribution < 1.29 is 9.59 Å². The molecule has 0 aliphatic rings. The van der Waals surface area contributed by atoms with E-state index in [0.29, 0.717) is 12.5 Å². The van der Waals surface area contributed by atoms with Gasteiger partial charge in [-0.15, -0.1) is 0 Å². The minimum atomic E-state index is -0.0106. The second-order valence-electron chi connectivity index (χ2n) is 5.20. The van der Waals surface area contributed by atoms with Crippen molar-refractivity contribution >= 4 is 11.7 Å². The van der Waals surface area contributed by atoms with Crippen LogP contribution in [-0.2, 0) is 9.59 Å². The fraction of sp³-hybridized carbons (Fsp3) is 0.846. The van der Waals surface area contributed by atoms with Gasteiger partial charge in [0.05, 0.1) is 6.54 Å². The summed E-state index contributed by atoms with van der Waals surface area (Å²) in [6, 6.07) is 0.436. The molecule has 0 bridgehead atoms. The third-order valence-corrected chi connectivity index (χ3v) is 3.02. The molecule has 0 heterocycles.